The molecular formula is C3H8FNO2S. The predicted octanol–water partition coefficient (Wildman–Crippen LogP) is -0.840. The summed E-state index contributed by atoms with van der Waals surface area (Å²) >= 11 is -0.496. The van der Waals surface area contributed by atoms with Gasteiger partial charge in [-0.15, -0.1) is 0 Å². The fourth-order valence-electron chi connectivity index (χ4n) is 0.179. The summed E-state index contributed by atoms with van der Waals surface area (Å²) in [6.07, 6.45) is -1.20. The van der Waals surface area contributed by atoms with Crippen molar-refractivity contribution in [2.45, 2.75) is 6.17 Å². The van der Waals surface area contributed by atoms with Crippen molar-refractivity contribution in [3.63, 3.8) is 0 Å². The van der Waals surface area contributed by atoms with E-state index < -0.39 is 18.1 Å². The van der Waals surface area contributed by atoms with Crippen molar-refractivity contribution in [1.82, 2.24) is 0 Å². The second-order valence-electron chi connectivity index (χ2n) is 1.20. The third-order valence-electron chi connectivity index (χ3n) is 0.564. The molecule has 0 heterocycles. The Labute approximate surface area is 50.7 Å². The van der Waals surface area contributed by atoms with Crippen LogP contribution in [-0.4, -0.2) is 23.5 Å². The van der Waals surface area contributed by atoms with Crippen molar-refractivity contribution in [1.29, 1.82) is 0 Å². The van der Waals surface area contributed by atoms with Crippen LogP contribution in [0.3, 0.4) is 0 Å². The van der Waals surface area contributed by atoms with Crippen molar-refractivity contribution >= 4 is 11.9 Å². The molecule has 0 spiro atoms. The first-order chi connectivity index (χ1) is 3.81. The topological polar surface area (TPSA) is 52.3 Å². The fourth-order valence-corrected chi connectivity index (χ4v) is 0.402. The van der Waals surface area contributed by atoms with Crippen LogP contribution < -0.4 is 5.73 Å². The molecule has 0 aromatic heterocycles. The van der Waals surface area contributed by atoms with Crippen LogP contribution in [0.25, 0.3) is 0 Å². The van der Waals surface area contributed by atoms with E-state index >= 15 is 0 Å². The maximum atomic E-state index is 11.9. The van der Waals surface area contributed by atoms with E-state index in [1.807, 2.05) is 0 Å². The molecule has 0 aromatic carbocycles. The maximum absolute atomic E-state index is 11.9. The molecule has 8 heavy (non-hydrogen) atoms. The number of thiol groups is 1. The molecule has 0 amide bonds. The zero-order valence-electron chi connectivity index (χ0n) is 4.21. The van der Waals surface area contributed by atoms with Gasteiger partial charge in [0.1, 0.15) is 18.1 Å². The van der Waals surface area contributed by atoms with Crippen LogP contribution in [0.4, 0.5) is 4.39 Å². The summed E-state index contributed by atoms with van der Waals surface area (Å²) in [6, 6.07) is 0. The molecule has 1 unspecified atom stereocenters. The summed E-state index contributed by atoms with van der Waals surface area (Å²) in [6.45, 7) is -0.281. The van der Waals surface area contributed by atoms with Gasteiger partial charge >= 0.3 is 0 Å². The first kappa shape index (κ1) is 8.00. The number of hydrogen-bond donors (Lipinski definition) is 2. The van der Waals surface area contributed by atoms with Gasteiger partial charge in [0.15, 0.2) is 0 Å². The van der Waals surface area contributed by atoms with E-state index in [9.17, 15) is 8.60 Å². The van der Waals surface area contributed by atoms with Crippen LogP contribution >= 0.6 is 0 Å². The number of hydrogen-bond acceptors (Lipinski definition) is 3. The smallest absolute Gasteiger partial charge is 0.142 e. The highest BCUT2D eigenvalue weighted by molar-refractivity contribution is 7.60. The molecule has 0 aromatic rings. The van der Waals surface area contributed by atoms with Gasteiger partial charge in [0.2, 0.25) is 0 Å². The van der Waals surface area contributed by atoms with Crippen molar-refractivity contribution in [2.75, 3.05) is 13.2 Å². The van der Waals surface area contributed by atoms with Gasteiger partial charge in [0.05, 0.1) is 6.61 Å². The molecule has 0 saturated carbocycles. The monoisotopic (exact) mass is 141 g/mol. The number of alkyl halides is 1. The molecule has 0 bridgehead atoms. The highest BCUT2D eigenvalue weighted by atomic mass is 32.2. The second-order valence-corrected chi connectivity index (χ2v) is 1.61. The van der Waals surface area contributed by atoms with Gasteiger partial charge in [-0.1, -0.05) is 0 Å². The van der Waals surface area contributed by atoms with E-state index in [0.717, 1.165) is 0 Å². The normalized spacial score (nSPS) is 13.8. The summed E-state index contributed by atoms with van der Waals surface area (Å²) < 4.78 is 25.6. The molecule has 0 aliphatic carbocycles. The predicted molar refractivity (Wildman–Crippen MR) is 29.4 cm³/mol. The van der Waals surface area contributed by atoms with Gasteiger partial charge in [-0.05, 0) is 0 Å². The van der Waals surface area contributed by atoms with Gasteiger partial charge in [0.25, 0.3) is 0 Å². The lowest BCUT2D eigenvalue weighted by Crippen LogP contribution is -2.19. The van der Waals surface area contributed by atoms with Crippen LogP contribution in [0.2, 0.25) is 0 Å². The van der Waals surface area contributed by atoms with Crippen molar-refractivity contribution in [2.24, 2.45) is 5.73 Å². The number of halogens is 1. The van der Waals surface area contributed by atoms with E-state index in [1.54, 1.807) is 0 Å². The molecule has 1 atom stereocenters. The Morgan fingerprint density at radius 2 is 2.50 bits per heavy atom. The summed E-state index contributed by atoms with van der Waals surface area (Å²) in [4.78, 5) is 0. The summed E-state index contributed by atoms with van der Waals surface area (Å²) in [5.74, 6) is 0. The Hall–Kier alpha value is -0.0000000000000000555. The highest BCUT2D eigenvalue weighted by Gasteiger charge is 2.00. The molecular weight excluding hydrogens is 133 g/mol. The first-order valence-corrected chi connectivity index (χ1v) is 2.83. The average molecular weight is 141 g/mol. The minimum atomic E-state index is -1.20. The van der Waals surface area contributed by atoms with E-state index in [-0.39, 0.29) is 13.2 Å². The quantitative estimate of drug-likeness (QED) is 0.502. The Bertz CT molecular complexity index is 72.3. The molecule has 0 aliphatic heterocycles. The Kier molecular flexibility index (Phi) is 5.14. The molecule has 0 rings (SSSR count). The SMILES string of the molecule is NCC(F)CO[SH]=O. The number of rotatable bonds is 4. The van der Waals surface area contributed by atoms with Gasteiger partial charge in [-0.3, -0.25) is 4.18 Å². The third-order valence-corrected chi connectivity index (χ3v) is 0.818. The summed E-state index contributed by atoms with van der Waals surface area (Å²) in [5, 5.41) is 0. The third kappa shape index (κ3) is 4.17. The van der Waals surface area contributed by atoms with E-state index in [2.05, 4.69) is 4.18 Å². The zero-order valence-corrected chi connectivity index (χ0v) is 5.11. The van der Waals surface area contributed by atoms with Crippen molar-refractivity contribution in [3.8, 4) is 0 Å². The summed E-state index contributed by atoms with van der Waals surface area (Å²) in [7, 11) is 0. The molecule has 50 valence electrons. The molecule has 0 saturated heterocycles. The Balaban J connectivity index is 2.97. The lowest BCUT2D eigenvalue weighted by molar-refractivity contribution is 0.220. The molecule has 0 radical (unpaired) electrons. The van der Waals surface area contributed by atoms with Gasteiger partial charge in [-0.2, -0.15) is 0 Å². The van der Waals surface area contributed by atoms with Crippen LogP contribution in [0.5, 0.6) is 0 Å². The first-order valence-electron chi connectivity index (χ1n) is 2.10. The minimum absolute atomic E-state index is 0.0878. The van der Waals surface area contributed by atoms with Gasteiger partial charge in [-0.25, -0.2) is 8.60 Å². The van der Waals surface area contributed by atoms with E-state index in [1.165, 1.54) is 0 Å². The van der Waals surface area contributed by atoms with Crippen LogP contribution in [0.1, 0.15) is 0 Å². The zero-order chi connectivity index (χ0) is 6.41. The number of nitrogens with two attached hydrogens (primary N) is 1. The van der Waals surface area contributed by atoms with Gasteiger partial charge in [0, 0.05) is 6.54 Å². The lowest BCUT2D eigenvalue weighted by atomic mass is 10.4. The van der Waals surface area contributed by atoms with Crippen molar-refractivity contribution < 1.29 is 12.8 Å². The molecule has 5 heteroatoms. The lowest BCUT2D eigenvalue weighted by Gasteiger charge is -1.98. The van der Waals surface area contributed by atoms with Crippen LogP contribution in [0, 0.1) is 0 Å². The Morgan fingerprint density at radius 1 is 1.88 bits per heavy atom. The van der Waals surface area contributed by atoms with E-state index in [4.69, 9.17) is 5.73 Å². The standard InChI is InChI=1S/C3H8FNO2S/c4-3(1-5)2-7-8-6/h3,8H,1-2,5H2. The van der Waals surface area contributed by atoms with Crippen molar-refractivity contribution in [3.05, 3.63) is 0 Å². The molecule has 2 N–H and O–H groups in total. The molecule has 0 aliphatic rings. The summed E-state index contributed by atoms with van der Waals surface area (Å²) in [5.41, 5.74) is 4.85. The highest BCUT2D eigenvalue weighted by Crippen LogP contribution is 1.86. The minimum Gasteiger partial charge on any atom is -0.328 e. The molecule has 0 fully saturated rings. The second kappa shape index (κ2) is 5.14. The van der Waals surface area contributed by atoms with Crippen LogP contribution in [-0.2, 0) is 16.1 Å². The average Bonchev–Trinajstić information content (AvgIpc) is 1.83. The largest absolute Gasteiger partial charge is 0.328 e. The fraction of sp³-hybridized carbons (Fsp3) is 1.00. The maximum Gasteiger partial charge on any atom is 0.142 e. The molecule has 3 nitrogen and oxygen atoms in total. The van der Waals surface area contributed by atoms with E-state index in [0.29, 0.717) is 0 Å². The Morgan fingerprint density at radius 3 is 2.88 bits per heavy atom. The van der Waals surface area contributed by atoms with Gasteiger partial charge < -0.3 is 5.73 Å². The van der Waals surface area contributed by atoms with Crippen LogP contribution in [0.15, 0.2) is 0 Å².